The first-order chi connectivity index (χ1) is 9.55. The molecule has 0 amide bonds. The molecule has 0 radical (unpaired) electrons. The highest BCUT2D eigenvalue weighted by molar-refractivity contribution is 8.00. The number of thiazole rings is 1. The zero-order chi connectivity index (χ0) is 14.4. The van der Waals surface area contributed by atoms with Crippen LogP contribution in [0.3, 0.4) is 0 Å². The summed E-state index contributed by atoms with van der Waals surface area (Å²) in [4.78, 5) is 5.78. The summed E-state index contributed by atoms with van der Waals surface area (Å²) in [5.74, 6) is 0.562. The third-order valence-electron chi connectivity index (χ3n) is 2.43. The number of aromatic nitrogens is 1. The van der Waals surface area contributed by atoms with Crippen LogP contribution in [0, 0.1) is 0 Å². The van der Waals surface area contributed by atoms with E-state index in [1.807, 2.05) is 18.2 Å². The fourth-order valence-corrected chi connectivity index (χ4v) is 4.44. The van der Waals surface area contributed by atoms with Gasteiger partial charge in [-0.3, -0.25) is 4.98 Å². The third kappa shape index (κ3) is 5.12. The van der Waals surface area contributed by atoms with Crippen molar-refractivity contribution in [1.82, 2.24) is 9.71 Å². The van der Waals surface area contributed by atoms with Gasteiger partial charge in [0.05, 0.1) is 11.3 Å². The van der Waals surface area contributed by atoms with Crippen LogP contribution in [-0.2, 0) is 16.6 Å². The van der Waals surface area contributed by atoms with E-state index in [2.05, 4.69) is 9.71 Å². The molecule has 0 saturated heterocycles. The molecule has 0 aliphatic heterocycles. The van der Waals surface area contributed by atoms with Crippen molar-refractivity contribution in [3.63, 3.8) is 0 Å². The molecule has 1 heterocycles. The SMILES string of the molecule is Nc1cccc(SCCS(=O)(=O)NCc2cncs2)c1. The van der Waals surface area contributed by atoms with Crippen LogP contribution in [0.4, 0.5) is 5.69 Å². The van der Waals surface area contributed by atoms with E-state index < -0.39 is 10.0 Å². The average molecular weight is 329 g/mol. The smallest absolute Gasteiger partial charge is 0.212 e. The first-order valence-electron chi connectivity index (χ1n) is 5.88. The van der Waals surface area contributed by atoms with Crippen LogP contribution in [0.25, 0.3) is 0 Å². The van der Waals surface area contributed by atoms with Gasteiger partial charge < -0.3 is 5.73 Å². The van der Waals surface area contributed by atoms with Crippen LogP contribution in [-0.4, -0.2) is 24.9 Å². The molecule has 1 aromatic carbocycles. The fourth-order valence-electron chi connectivity index (χ4n) is 1.46. The summed E-state index contributed by atoms with van der Waals surface area (Å²) in [5, 5.41) is 0. The maximum Gasteiger partial charge on any atom is 0.212 e. The van der Waals surface area contributed by atoms with Crippen LogP contribution < -0.4 is 10.5 Å². The van der Waals surface area contributed by atoms with Gasteiger partial charge in [0.1, 0.15) is 0 Å². The van der Waals surface area contributed by atoms with Gasteiger partial charge in [-0.25, -0.2) is 13.1 Å². The number of anilines is 1. The Balaban J connectivity index is 1.77. The molecule has 0 bridgehead atoms. The van der Waals surface area contributed by atoms with E-state index in [1.54, 1.807) is 17.8 Å². The van der Waals surface area contributed by atoms with Crippen LogP contribution in [0.1, 0.15) is 4.88 Å². The lowest BCUT2D eigenvalue weighted by atomic mass is 10.3. The number of hydrogen-bond donors (Lipinski definition) is 2. The lowest BCUT2D eigenvalue weighted by Crippen LogP contribution is -2.26. The Hall–Kier alpha value is -1.09. The van der Waals surface area contributed by atoms with Crippen LogP contribution >= 0.6 is 23.1 Å². The average Bonchev–Trinajstić information content (AvgIpc) is 2.89. The quantitative estimate of drug-likeness (QED) is 0.599. The Bertz CT molecular complexity index is 642. The van der Waals surface area contributed by atoms with E-state index in [-0.39, 0.29) is 5.75 Å². The summed E-state index contributed by atoms with van der Waals surface area (Å²) < 4.78 is 26.2. The molecule has 0 aliphatic carbocycles. The number of benzene rings is 1. The molecule has 108 valence electrons. The van der Waals surface area contributed by atoms with Crippen molar-refractivity contribution in [3.8, 4) is 0 Å². The lowest BCUT2D eigenvalue weighted by molar-refractivity contribution is 0.583. The maximum absolute atomic E-state index is 11.8. The van der Waals surface area contributed by atoms with Crippen molar-refractivity contribution in [3.05, 3.63) is 40.8 Å². The summed E-state index contributed by atoms with van der Waals surface area (Å²) >= 11 is 2.90. The summed E-state index contributed by atoms with van der Waals surface area (Å²) in [6.07, 6.45) is 1.66. The molecular formula is C12H15N3O2S3. The maximum atomic E-state index is 11.8. The van der Waals surface area contributed by atoms with Crippen molar-refractivity contribution in [2.45, 2.75) is 11.4 Å². The van der Waals surface area contributed by atoms with Crippen LogP contribution in [0.5, 0.6) is 0 Å². The van der Waals surface area contributed by atoms with Gasteiger partial charge >= 0.3 is 0 Å². The van der Waals surface area contributed by atoms with E-state index in [0.29, 0.717) is 18.0 Å². The first kappa shape index (κ1) is 15.3. The highest BCUT2D eigenvalue weighted by atomic mass is 32.2. The van der Waals surface area contributed by atoms with Gasteiger partial charge in [-0.2, -0.15) is 0 Å². The Morgan fingerprint density at radius 2 is 2.25 bits per heavy atom. The van der Waals surface area contributed by atoms with Crippen LogP contribution in [0.15, 0.2) is 40.9 Å². The predicted octanol–water partition coefficient (Wildman–Crippen LogP) is 1.94. The minimum Gasteiger partial charge on any atom is -0.399 e. The second-order valence-electron chi connectivity index (χ2n) is 4.03. The Morgan fingerprint density at radius 3 is 2.95 bits per heavy atom. The minimum atomic E-state index is -3.26. The number of rotatable bonds is 7. The van der Waals surface area contributed by atoms with Crippen molar-refractivity contribution < 1.29 is 8.42 Å². The standard InChI is InChI=1S/C12H15N3O2S3/c13-10-2-1-3-11(6-10)18-4-5-20(16,17)15-8-12-7-14-9-19-12/h1-3,6-7,9,15H,4-5,8,13H2. The molecule has 0 unspecified atom stereocenters. The normalized spacial score (nSPS) is 11.6. The van der Waals surface area contributed by atoms with Crippen molar-refractivity contribution in [1.29, 1.82) is 0 Å². The van der Waals surface area contributed by atoms with Gasteiger partial charge in [-0.15, -0.1) is 23.1 Å². The highest BCUT2D eigenvalue weighted by Gasteiger charge is 2.10. The summed E-state index contributed by atoms with van der Waals surface area (Å²) in [6.45, 7) is 0.302. The zero-order valence-corrected chi connectivity index (χ0v) is 13.1. The van der Waals surface area contributed by atoms with Gasteiger partial charge in [0.2, 0.25) is 10.0 Å². The van der Waals surface area contributed by atoms with Crippen LogP contribution in [0.2, 0.25) is 0 Å². The molecule has 3 N–H and O–H groups in total. The largest absolute Gasteiger partial charge is 0.399 e. The molecule has 0 atom stereocenters. The molecule has 8 heteroatoms. The zero-order valence-electron chi connectivity index (χ0n) is 10.7. The third-order valence-corrected chi connectivity index (χ3v) is 5.79. The summed E-state index contributed by atoms with van der Waals surface area (Å²) in [5.41, 5.74) is 8.03. The molecular weight excluding hydrogens is 314 g/mol. The Kier molecular flexibility index (Phi) is 5.41. The lowest BCUT2D eigenvalue weighted by Gasteiger charge is -2.05. The number of nitrogens with two attached hydrogens (primary N) is 1. The predicted molar refractivity (Wildman–Crippen MR) is 84.3 cm³/mol. The monoisotopic (exact) mass is 329 g/mol. The summed E-state index contributed by atoms with van der Waals surface area (Å²) in [6, 6.07) is 7.41. The van der Waals surface area contributed by atoms with Gasteiger partial charge in [0.15, 0.2) is 0 Å². The van der Waals surface area contributed by atoms with Gasteiger partial charge in [-0.05, 0) is 18.2 Å². The second kappa shape index (κ2) is 7.07. The van der Waals surface area contributed by atoms with Gasteiger partial charge in [0.25, 0.3) is 0 Å². The van der Waals surface area contributed by atoms with E-state index in [1.165, 1.54) is 23.1 Å². The molecule has 1 aromatic heterocycles. The van der Waals surface area contributed by atoms with Crippen molar-refractivity contribution in [2.75, 3.05) is 17.2 Å². The molecule has 20 heavy (non-hydrogen) atoms. The second-order valence-corrected chi connectivity index (χ2v) is 8.09. The topological polar surface area (TPSA) is 85.1 Å². The Labute approximate surface area is 126 Å². The molecule has 0 spiro atoms. The fraction of sp³-hybridized carbons (Fsp3) is 0.250. The summed E-state index contributed by atoms with van der Waals surface area (Å²) in [7, 11) is -3.26. The minimum absolute atomic E-state index is 0.0747. The van der Waals surface area contributed by atoms with Crippen molar-refractivity contribution >= 4 is 38.8 Å². The molecule has 2 rings (SSSR count). The van der Waals surface area contributed by atoms with Gasteiger partial charge in [-0.1, -0.05) is 6.07 Å². The van der Waals surface area contributed by atoms with E-state index in [4.69, 9.17) is 5.73 Å². The number of hydrogen-bond acceptors (Lipinski definition) is 6. The first-order valence-corrected chi connectivity index (χ1v) is 9.40. The number of nitrogens with zero attached hydrogens (tertiary/aromatic N) is 1. The highest BCUT2D eigenvalue weighted by Crippen LogP contribution is 2.20. The van der Waals surface area contributed by atoms with E-state index >= 15 is 0 Å². The molecule has 0 saturated carbocycles. The number of thioether (sulfide) groups is 1. The molecule has 2 aromatic rings. The molecule has 0 fully saturated rings. The molecule has 0 aliphatic rings. The number of nitrogens with one attached hydrogen (secondary N) is 1. The number of nitrogen functional groups attached to an aromatic ring is 1. The van der Waals surface area contributed by atoms with Crippen molar-refractivity contribution in [2.24, 2.45) is 0 Å². The van der Waals surface area contributed by atoms with E-state index in [0.717, 1.165) is 9.77 Å². The van der Waals surface area contributed by atoms with Gasteiger partial charge in [0, 0.05) is 34.0 Å². The molecule has 5 nitrogen and oxygen atoms in total. The van der Waals surface area contributed by atoms with E-state index in [9.17, 15) is 8.42 Å². The number of sulfonamides is 1. The Morgan fingerprint density at radius 1 is 1.40 bits per heavy atom.